The molecule has 0 saturated carbocycles. The van der Waals surface area contributed by atoms with Crippen molar-refractivity contribution in [3.8, 4) is 0 Å². The van der Waals surface area contributed by atoms with E-state index in [4.69, 9.17) is 0 Å². The summed E-state index contributed by atoms with van der Waals surface area (Å²) in [5.74, 6) is 0.484. The van der Waals surface area contributed by atoms with Gasteiger partial charge in [0.2, 0.25) is 0 Å². The number of benzene rings is 2. The highest BCUT2D eigenvalue weighted by molar-refractivity contribution is 5.57. The maximum Gasteiger partial charge on any atom is 0.0422 e. The molecule has 1 atom stereocenters. The first-order valence-corrected chi connectivity index (χ1v) is 9.62. The summed E-state index contributed by atoms with van der Waals surface area (Å²) in [6.45, 7) is 9.24. The van der Waals surface area contributed by atoms with Crippen LogP contribution in [0.25, 0.3) is 0 Å². The fraction of sp³-hybridized carbons (Fsp3) is 0.360. The van der Waals surface area contributed by atoms with Crippen LogP contribution in [0.5, 0.6) is 0 Å². The summed E-state index contributed by atoms with van der Waals surface area (Å²) in [6, 6.07) is 22.3. The third-order valence-electron chi connectivity index (χ3n) is 5.85. The molecule has 2 aromatic carbocycles. The molecular weight excluding hydrogens is 300 g/mol. The van der Waals surface area contributed by atoms with E-state index < -0.39 is 0 Å². The van der Waals surface area contributed by atoms with Gasteiger partial charge in [-0.25, -0.2) is 0 Å². The van der Waals surface area contributed by atoms with Gasteiger partial charge < -0.3 is 0 Å². The molecule has 0 saturated heterocycles. The highest BCUT2D eigenvalue weighted by Crippen LogP contribution is 2.51. The summed E-state index contributed by atoms with van der Waals surface area (Å²) in [4.78, 5) is 0. The highest BCUT2D eigenvalue weighted by atomic mass is 14.4. The maximum absolute atomic E-state index is 2.44. The molecule has 0 fully saturated rings. The van der Waals surface area contributed by atoms with Gasteiger partial charge in [-0.1, -0.05) is 99.0 Å². The van der Waals surface area contributed by atoms with E-state index >= 15 is 0 Å². The van der Waals surface area contributed by atoms with Gasteiger partial charge >= 0.3 is 0 Å². The second-order valence-electron chi connectivity index (χ2n) is 7.42. The average molecular weight is 331 g/mol. The molecule has 130 valence electrons. The van der Waals surface area contributed by atoms with Gasteiger partial charge in [-0.2, -0.15) is 0 Å². The van der Waals surface area contributed by atoms with E-state index in [-0.39, 0.29) is 5.41 Å². The second kappa shape index (κ2) is 7.44. The summed E-state index contributed by atoms with van der Waals surface area (Å²) in [7, 11) is 0. The summed E-state index contributed by atoms with van der Waals surface area (Å²) < 4.78 is 0. The standard InChI is InChI=1S/C25H30/c1-5-6-17-25(22-13-9-7-10-14-22,23-15-11-8-12-16-23)24-20(3)18-19(2)21(24)4/h7-16,18,20H,5-6,17H2,1-4H3. The minimum Gasteiger partial charge on any atom is -0.0744 e. The van der Waals surface area contributed by atoms with Crippen molar-refractivity contribution in [1.29, 1.82) is 0 Å². The number of rotatable bonds is 6. The third kappa shape index (κ3) is 3.11. The molecule has 0 nitrogen and oxygen atoms in total. The number of allylic oxidation sites excluding steroid dienone is 4. The first kappa shape index (κ1) is 17.7. The molecule has 0 radical (unpaired) electrons. The Morgan fingerprint density at radius 3 is 1.76 bits per heavy atom. The van der Waals surface area contributed by atoms with E-state index in [1.807, 2.05) is 0 Å². The van der Waals surface area contributed by atoms with Crippen molar-refractivity contribution >= 4 is 0 Å². The Hall–Kier alpha value is -2.08. The van der Waals surface area contributed by atoms with Crippen LogP contribution in [0.15, 0.2) is 83.5 Å². The molecule has 0 aliphatic heterocycles. The lowest BCUT2D eigenvalue weighted by Crippen LogP contribution is -2.33. The molecule has 25 heavy (non-hydrogen) atoms. The van der Waals surface area contributed by atoms with Gasteiger partial charge in [0.1, 0.15) is 0 Å². The first-order chi connectivity index (χ1) is 12.1. The van der Waals surface area contributed by atoms with Crippen molar-refractivity contribution in [1.82, 2.24) is 0 Å². The van der Waals surface area contributed by atoms with Crippen LogP contribution in [0.1, 0.15) is 58.1 Å². The van der Waals surface area contributed by atoms with E-state index in [0.717, 1.165) is 6.42 Å². The molecule has 1 unspecified atom stereocenters. The lowest BCUT2D eigenvalue weighted by Gasteiger charge is -2.40. The summed E-state index contributed by atoms with van der Waals surface area (Å²) in [5.41, 5.74) is 7.34. The van der Waals surface area contributed by atoms with Crippen LogP contribution in [0.2, 0.25) is 0 Å². The molecular formula is C25H30. The predicted octanol–water partition coefficient (Wildman–Crippen LogP) is 7.08. The van der Waals surface area contributed by atoms with Gasteiger partial charge in [0.05, 0.1) is 0 Å². The van der Waals surface area contributed by atoms with E-state index in [1.54, 1.807) is 5.57 Å². The topological polar surface area (TPSA) is 0 Å². The molecule has 0 N–H and O–H groups in total. The quantitative estimate of drug-likeness (QED) is 0.531. The predicted molar refractivity (Wildman–Crippen MR) is 109 cm³/mol. The van der Waals surface area contributed by atoms with E-state index in [2.05, 4.69) is 94.4 Å². The van der Waals surface area contributed by atoms with E-state index in [0.29, 0.717) is 5.92 Å². The maximum atomic E-state index is 2.44. The summed E-state index contributed by atoms with van der Waals surface area (Å²) in [6.07, 6.45) is 6.05. The van der Waals surface area contributed by atoms with Crippen molar-refractivity contribution in [2.24, 2.45) is 5.92 Å². The summed E-state index contributed by atoms with van der Waals surface area (Å²) in [5, 5.41) is 0. The van der Waals surface area contributed by atoms with Crippen molar-refractivity contribution < 1.29 is 0 Å². The Morgan fingerprint density at radius 1 is 0.840 bits per heavy atom. The zero-order valence-corrected chi connectivity index (χ0v) is 16.0. The molecule has 0 heteroatoms. The molecule has 0 heterocycles. The smallest absolute Gasteiger partial charge is 0.0422 e. The van der Waals surface area contributed by atoms with Crippen molar-refractivity contribution in [3.05, 3.63) is 94.6 Å². The molecule has 0 bridgehead atoms. The Bertz CT molecular complexity index is 723. The van der Waals surface area contributed by atoms with Crippen LogP contribution >= 0.6 is 0 Å². The molecule has 0 spiro atoms. The van der Waals surface area contributed by atoms with Crippen LogP contribution in [0.4, 0.5) is 0 Å². The van der Waals surface area contributed by atoms with Gasteiger partial charge in [-0.3, -0.25) is 0 Å². The Balaban J connectivity index is 2.30. The Kier molecular flexibility index (Phi) is 5.27. The van der Waals surface area contributed by atoms with Gasteiger partial charge in [0.25, 0.3) is 0 Å². The SMILES string of the molecule is CCCCC(C1=C(C)C(C)=CC1C)(c1ccccc1)c1ccccc1. The zero-order valence-electron chi connectivity index (χ0n) is 16.0. The number of hydrogen-bond acceptors (Lipinski definition) is 0. The molecule has 0 amide bonds. The Morgan fingerprint density at radius 2 is 1.36 bits per heavy atom. The van der Waals surface area contributed by atoms with E-state index in [1.165, 1.54) is 35.1 Å². The van der Waals surface area contributed by atoms with Gasteiger partial charge in [0, 0.05) is 5.41 Å². The molecule has 1 aliphatic rings. The normalized spacial score (nSPS) is 17.8. The molecule has 1 aliphatic carbocycles. The number of hydrogen-bond donors (Lipinski definition) is 0. The van der Waals surface area contributed by atoms with Gasteiger partial charge in [0.15, 0.2) is 0 Å². The minimum atomic E-state index is -0.0315. The molecule has 2 aromatic rings. The Labute approximate surface area is 153 Å². The number of unbranched alkanes of at least 4 members (excludes halogenated alkanes) is 1. The van der Waals surface area contributed by atoms with E-state index in [9.17, 15) is 0 Å². The van der Waals surface area contributed by atoms with Crippen LogP contribution in [-0.4, -0.2) is 0 Å². The molecule has 3 rings (SSSR count). The fourth-order valence-electron chi connectivity index (χ4n) is 4.63. The molecule has 0 aromatic heterocycles. The fourth-order valence-corrected chi connectivity index (χ4v) is 4.63. The van der Waals surface area contributed by atoms with Gasteiger partial charge in [-0.05, 0) is 48.5 Å². The van der Waals surface area contributed by atoms with Crippen molar-refractivity contribution in [2.75, 3.05) is 0 Å². The van der Waals surface area contributed by atoms with Crippen molar-refractivity contribution in [3.63, 3.8) is 0 Å². The largest absolute Gasteiger partial charge is 0.0744 e. The monoisotopic (exact) mass is 330 g/mol. The lowest BCUT2D eigenvalue weighted by molar-refractivity contribution is 0.486. The zero-order chi connectivity index (χ0) is 17.9. The van der Waals surface area contributed by atoms with Crippen LogP contribution in [0.3, 0.4) is 0 Å². The van der Waals surface area contributed by atoms with Crippen LogP contribution in [0, 0.1) is 5.92 Å². The first-order valence-electron chi connectivity index (χ1n) is 9.62. The van der Waals surface area contributed by atoms with Crippen LogP contribution in [-0.2, 0) is 5.41 Å². The highest BCUT2D eigenvalue weighted by Gasteiger charge is 2.41. The average Bonchev–Trinajstić information content (AvgIpc) is 2.91. The minimum absolute atomic E-state index is 0.0315. The van der Waals surface area contributed by atoms with Crippen LogP contribution < -0.4 is 0 Å². The van der Waals surface area contributed by atoms with Crippen molar-refractivity contribution in [2.45, 2.75) is 52.4 Å². The lowest BCUT2D eigenvalue weighted by atomic mass is 9.63. The summed E-state index contributed by atoms with van der Waals surface area (Å²) >= 11 is 0. The van der Waals surface area contributed by atoms with Gasteiger partial charge in [-0.15, -0.1) is 0 Å². The second-order valence-corrected chi connectivity index (χ2v) is 7.42. The third-order valence-corrected chi connectivity index (χ3v) is 5.85.